The molecular formula is C58H36N4OPt-2. The Morgan fingerprint density at radius 3 is 1.91 bits per heavy atom. The van der Waals surface area contributed by atoms with Gasteiger partial charge in [0.25, 0.3) is 0 Å². The molecule has 1 spiro atoms. The quantitative estimate of drug-likeness (QED) is 0.127. The monoisotopic (exact) mass is 999 g/mol. The molecule has 5 nitrogen and oxygen atoms in total. The van der Waals surface area contributed by atoms with E-state index in [4.69, 9.17) is 9.72 Å². The van der Waals surface area contributed by atoms with E-state index in [-0.39, 0.29) is 21.1 Å². The molecule has 0 radical (unpaired) electrons. The molecule has 1 aliphatic carbocycles. The molecule has 2 aliphatic rings. The summed E-state index contributed by atoms with van der Waals surface area (Å²) >= 11 is 0. The molecule has 64 heavy (non-hydrogen) atoms. The van der Waals surface area contributed by atoms with Crippen LogP contribution in [0, 0.1) is 18.5 Å². The molecule has 0 saturated heterocycles. The zero-order chi connectivity index (χ0) is 41.6. The number of aryl methyl sites for hydroxylation is 1. The van der Waals surface area contributed by atoms with Crippen molar-refractivity contribution in [3.05, 3.63) is 240 Å². The second-order valence-electron chi connectivity index (χ2n) is 16.4. The maximum Gasteiger partial charge on any atom is 0.242 e. The van der Waals surface area contributed by atoms with Crippen LogP contribution in [0.15, 0.2) is 188 Å². The van der Waals surface area contributed by atoms with Gasteiger partial charge in [0.1, 0.15) is 5.82 Å². The third-order valence-corrected chi connectivity index (χ3v) is 13.0. The predicted octanol–water partition coefficient (Wildman–Crippen LogP) is 12.7. The summed E-state index contributed by atoms with van der Waals surface area (Å²) in [6.45, 7) is 0. The number of hydrogen-bond donors (Lipinski definition) is 0. The number of para-hydroxylation sites is 2. The van der Waals surface area contributed by atoms with Gasteiger partial charge in [-0.2, -0.15) is 12.1 Å². The van der Waals surface area contributed by atoms with E-state index in [1.165, 1.54) is 27.8 Å². The second-order valence-corrected chi connectivity index (χ2v) is 16.4. The normalized spacial score (nSPS) is 13.0. The first-order valence-corrected chi connectivity index (χ1v) is 21.3. The zero-order valence-electron chi connectivity index (χ0n) is 34.6. The van der Waals surface area contributed by atoms with Crippen molar-refractivity contribution in [2.75, 3.05) is 0 Å². The van der Waals surface area contributed by atoms with E-state index < -0.39 is 5.41 Å². The molecular weight excluding hydrogens is 964 g/mol. The zero-order valence-corrected chi connectivity index (χ0v) is 36.8. The van der Waals surface area contributed by atoms with Crippen molar-refractivity contribution in [2.45, 2.75) is 5.41 Å². The van der Waals surface area contributed by atoms with Crippen LogP contribution in [0.2, 0.25) is 0 Å². The van der Waals surface area contributed by atoms with Crippen molar-refractivity contribution < 1.29 is 30.4 Å². The minimum atomic E-state index is -0.766. The van der Waals surface area contributed by atoms with Gasteiger partial charge >= 0.3 is 0 Å². The summed E-state index contributed by atoms with van der Waals surface area (Å²) in [6, 6.07) is 72.3. The minimum Gasteiger partial charge on any atom is -0.510 e. The fraction of sp³-hybridized carbons (Fsp3) is 0.0345. The van der Waals surface area contributed by atoms with Crippen molar-refractivity contribution in [1.29, 1.82) is 0 Å². The van der Waals surface area contributed by atoms with Gasteiger partial charge in [0.15, 0.2) is 0 Å². The van der Waals surface area contributed by atoms with Gasteiger partial charge in [-0.05, 0) is 73.7 Å². The van der Waals surface area contributed by atoms with Crippen LogP contribution in [0.5, 0.6) is 11.5 Å². The first kappa shape index (κ1) is 38.1. The number of hydrogen-bond acceptors (Lipinski definition) is 2. The van der Waals surface area contributed by atoms with Crippen LogP contribution in [0.25, 0.3) is 78.8 Å². The van der Waals surface area contributed by atoms with Crippen molar-refractivity contribution >= 4 is 45.0 Å². The molecule has 4 heterocycles. The van der Waals surface area contributed by atoms with Crippen molar-refractivity contribution in [3.8, 4) is 45.3 Å². The molecule has 0 unspecified atom stereocenters. The van der Waals surface area contributed by atoms with E-state index in [0.29, 0.717) is 11.5 Å². The fourth-order valence-electron chi connectivity index (χ4n) is 10.3. The molecule has 0 fully saturated rings. The number of fused-ring (bicyclic) bond motifs is 11. The standard InChI is InChI=1S/C58H36N4O.Pt/c1-60-37-61-55-36-45(63-44-28-30-47-46-17-8-9-19-52(46)62(54(47)35-44)56-21-10-11-32-59-56)29-31-48(55)58(49-18-12-20-53(60)57(49)61)50-33-42(38-13-4-2-5-14-38)26-24-40(50)22-23-41-25-27-43(34-51(41)58)39-15-6-3-7-16-39;/h2-34H,1H3;/q-2;. The molecule has 306 valence electrons. The van der Waals surface area contributed by atoms with Gasteiger partial charge in [-0.3, -0.25) is 0 Å². The molecule has 11 aromatic rings. The smallest absolute Gasteiger partial charge is 0.242 e. The predicted molar refractivity (Wildman–Crippen MR) is 251 cm³/mol. The van der Waals surface area contributed by atoms with Gasteiger partial charge in [0, 0.05) is 49.7 Å². The van der Waals surface area contributed by atoms with Crippen LogP contribution in [0.4, 0.5) is 0 Å². The van der Waals surface area contributed by atoms with Crippen LogP contribution < -0.4 is 9.30 Å². The van der Waals surface area contributed by atoms with Crippen molar-refractivity contribution in [2.24, 2.45) is 7.05 Å². The van der Waals surface area contributed by atoms with Gasteiger partial charge in [0.2, 0.25) is 6.33 Å². The minimum absolute atomic E-state index is 0. The summed E-state index contributed by atoms with van der Waals surface area (Å²) in [5.41, 5.74) is 15.9. The number of nitrogens with zero attached hydrogens (tertiary/aromatic N) is 4. The van der Waals surface area contributed by atoms with Crippen LogP contribution in [-0.2, 0) is 33.5 Å². The van der Waals surface area contributed by atoms with Crippen LogP contribution in [-0.4, -0.2) is 14.1 Å². The van der Waals surface area contributed by atoms with Gasteiger partial charge in [-0.25, -0.2) is 4.98 Å². The molecule has 0 saturated carbocycles. The Morgan fingerprint density at radius 2 is 1.20 bits per heavy atom. The Balaban J connectivity index is 0.00000433. The number of rotatable bonds is 5. The van der Waals surface area contributed by atoms with Gasteiger partial charge in [0.05, 0.1) is 18.1 Å². The van der Waals surface area contributed by atoms with E-state index in [2.05, 4.69) is 209 Å². The summed E-state index contributed by atoms with van der Waals surface area (Å²) in [7, 11) is 2.07. The summed E-state index contributed by atoms with van der Waals surface area (Å²) < 4.78 is 13.3. The van der Waals surface area contributed by atoms with E-state index in [9.17, 15) is 0 Å². The first-order chi connectivity index (χ1) is 31.1. The third-order valence-electron chi connectivity index (χ3n) is 13.0. The fourth-order valence-corrected chi connectivity index (χ4v) is 10.3. The number of pyridine rings is 1. The number of aromatic nitrogens is 4. The molecule has 0 bridgehead atoms. The summed E-state index contributed by atoms with van der Waals surface area (Å²) in [5, 5.41) is 2.21. The van der Waals surface area contributed by atoms with Crippen LogP contribution in [0.1, 0.15) is 33.4 Å². The maximum absolute atomic E-state index is 6.83. The maximum atomic E-state index is 6.83. The number of benzene rings is 8. The Labute approximate surface area is 385 Å². The molecule has 13 rings (SSSR count). The Morgan fingerprint density at radius 1 is 0.547 bits per heavy atom. The second kappa shape index (κ2) is 14.8. The molecule has 3 aromatic heterocycles. The molecule has 8 aromatic carbocycles. The van der Waals surface area contributed by atoms with E-state index >= 15 is 0 Å². The summed E-state index contributed by atoms with van der Waals surface area (Å²) in [4.78, 5) is 4.73. The number of imidazole rings is 1. The summed E-state index contributed by atoms with van der Waals surface area (Å²) in [5.74, 6) is 2.00. The van der Waals surface area contributed by atoms with E-state index in [0.717, 1.165) is 72.2 Å². The number of ether oxygens (including phenoxy) is 1. The Bertz CT molecular complexity index is 3570. The topological polar surface area (TPSA) is 35.9 Å². The van der Waals surface area contributed by atoms with Gasteiger partial charge in [-0.1, -0.05) is 163 Å². The SMILES string of the molecule is C[n+]1[c-]n2c3c(cccc31)C1(c3ccc(Oc4[c-]c5c(cc4)c4ccccc4n5-c4ccccn4)[c-]c3-2)c2cc(-c3ccccc3)ccc2C=Cc2ccc(-c3ccccc3)cc21.[Pt]. The van der Waals surface area contributed by atoms with E-state index in [1.54, 1.807) is 0 Å². The molecule has 1 aliphatic heterocycles. The summed E-state index contributed by atoms with van der Waals surface area (Å²) in [6.07, 6.45) is 10.1. The Hall–Kier alpha value is -7.59. The van der Waals surface area contributed by atoms with Crippen molar-refractivity contribution in [1.82, 2.24) is 14.1 Å². The molecule has 6 heteroatoms. The third kappa shape index (κ3) is 5.60. The molecule has 0 N–H and O–H groups in total. The van der Waals surface area contributed by atoms with Crippen molar-refractivity contribution in [3.63, 3.8) is 0 Å². The van der Waals surface area contributed by atoms with E-state index in [1.807, 2.05) is 30.5 Å². The molecule has 0 atom stereocenters. The molecule has 0 amide bonds. The average molecular weight is 1000 g/mol. The van der Waals surface area contributed by atoms with Gasteiger partial charge in [-0.15, -0.1) is 35.2 Å². The van der Waals surface area contributed by atoms with Gasteiger partial charge < -0.3 is 18.4 Å². The van der Waals surface area contributed by atoms with Crippen LogP contribution >= 0.6 is 0 Å². The Kier molecular flexibility index (Phi) is 8.79. The first-order valence-electron chi connectivity index (χ1n) is 21.3. The average Bonchev–Trinajstić information content (AvgIpc) is 3.82. The van der Waals surface area contributed by atoms with Crippen LogP contribution in [0.3, 0.4) is 0 Å². The largest absolute Gasteiger partial charge is 0.510 e.